The number of ether oxygens (including phenoxy) is 2. The van der Waals surface area contributed by atoms with Crippen LogP contribution in [0, 0.1) is 6.92 Å². The molecule has 1 unspecified atom stereocenters. The molecular formula is C17H26O6S. The SMILES string of the molecule is CCC(CCOS(C)(=O)=O)Oc1ccc(CCC(=O)OC)c(C)c1. The van der Waals surface area contributed by atoms with E-state index in [0.717, 1.165) is 29.6 Å². The van der Waals surface area contributed by atoms with Gasteiger partial charge in [0.2, 0.25) is 0 Å². The van der Waals surface area contributed by atoms with Gasteiger partial charge in [-0.15, -0.1) is 0 Å². The highest BCUT2D eigenvalue weighted by Crippen LogP contribution is 2.21. The third kappa shape index (κ3) is 7.79. The molecule has 0 fully saturated rings. The molecular weight excluding hydrogens is 332 g/mol. The van der Waals surface area contributed by atoms with Gasteiger partial charge in [0.1, 0.15) is 11.9 Å². The molecule has 0 heterocycles. The van der Waals surface area contributed by atoms with Crippen LogP contribution in [-0.4, -0.2) is 40.5 Å². The fourth-order valence-corrected chi connectivity index (χ4v) is 2.63. The average molecular weight is 358 g/mol. The van der Waals surface area contributed by atoms with Crippen molar-refractivity contribution < 1.29 is 26.9 Å². The summed E-state index contributed by atoms with van der Waals surface area (Å²) in [4.78, 5) is 11.2. The molecule has 0 aliphatic rings. The summed E-state index contributed by atoms with van der Waals surface area (Å²) in [6.45, 7) is 4.05. The van der Waals surface area contributed by atoms with Gasteiger partial charge in [-0.25, -0.2) is 0 Å². The summed E-state index contributed by atoms with van der Waals surface area (Å²) in [7, 11) is -2.04. The Bertz CT molecular complexity index is 638. The number of esters is 1. The van der Waals surface area contributed by atoms with Crippen molar-refractivity contribution >= 4 is 16.1 Å². The summed E-state index contributed by atoms with van der Waals surface area (Å²) in [6, 6.07) is 5.72. The van der Waals surface area contributed by atoms with E-state index in [1.165, 1.54) is 7.11 Å². The predicted octanol–water partition coefficient (Wildman–Crippen LogP) is 2.62. The third-order valence-electron chi connectivity index (χ3n) is 3.64. The smallest absolute Gasteiger partial charge is 0.305 e. The Kier molecular flexibility index (Phi) is 8.21. The standard InChI is InChI=1S/C17H26O6S/c1-5-15(10-11-22-24(4,19)20)23-16-8-6-14(13(2)12-16)7-9-17(18)21-3/h6,8,12,15H,5,7,9-11H2,1-4H3. The maximum Gasteiger partial charge on any atom is 0.305 e. The van der Waals surface area contributed by atoms with Crippen molar-refractivity contribution in [2.24, 2.45) is 0 Å². The minimum atomic E-state index is -3.42. The molecule has 136 valence electrons. The summed E-state index contributed by atoms with van der Waals surface area (Å²) in [5, 5.41) is 0. The maximum absolute atomic E-state index is 11.2. The van der Waals surface area contributed by atoms with Crippen LogP contribution in [0.3, 0.4) is 0 Å². The monoisotopic (exact) mass is 358 g/mol. The lowest BCUT2D eigenvalue weighted by molar-refractivity contribution is -0.140. The summed E-state index contributed by atoms with van der Waals surface area (Å²) in [5.74, 6) is 0.493. The number of carbonyl (C=O) groups is 1. The molecule has 1 aromatic rings. The summed E-state index contributed by atoms with van der Waals surface area (Å²) >= 11 is 0. The predicted molar refractivity (Wildman–Crippen MR) is 91.6 cm³/mol. The van der Waals surface area contributed by atoms with E-state index in [4.69, 9.17) is 8.92 Å². The summed E-state index contributed by atoms with van der Waals surface area (Å²) in [6.07, 6.45) is 3.12. The van der Waals surface area contributed by atoms with E-state index in [0.29, 0.717) is 19.3 Å². The van der Waals surface area contributed by atoms with Gasteiger partial charge in [-0.3, -0.25) is 8.98 Å². The van der Waals surface area contributed by atoms with E-state index < -0.39 is 10.1 Å². The van der Waals surface area contributed by atoms with Gasteiger partial charge in [0, 0.05) is 12.8 Å². The topological polar surface area (TPSA) is 78.9 Å². The maximum atomic E-state index is 11.2. The molecule has 0 amide bonds. The average Bonchev–Trinajstić information content (AvgIpc) is 2.51. The van der Waals surface area contributed by atoms with Crippen molar-refractivity contribution in [1.29, 1.82) is 0 Å². The second-order valence-corrected chi connectivity index (χ2v) is 7.27. The van der Waals surface area contributed by atoms with E-state index >= 15 is 0 Å². The Labute approximate surface area is 144 Å². The highest BCUT2D eigenvalue weighted by molar-refractivity contribution is 7.85. The van der Waals surface area contributed by atoms with Crippen molar-refractivity contribution in [3.8, 4) is 5.75 Å². The minimum Gasteiger partial charge on any atom is -0.490 e. The minimum absolute atomic E-state index is 0.105. The number of carbonyl (C=O) groups excluding carboxylic acids is 1. The number of hydrogen-bond acceptors (Lipinski definition) is 6. The molecule has 1 aromatic carbocycles. The van der Waals surface area contributed by atoms with Crippen LogP contribution in [0.1, 0.15) is 37.3 Å². The first-order valence-electron chi connectivity index (χ1n) is 7.92. The van der Waals surface area contributed by atoms with Gasteiger partial charge in [0.15, 0.2) is 0 Å². The number of aryl methyl sites for hydroxylation is 2. The highest BCUT2D eigenvalue weighted by Gasteiger charge is 2.12. The summed E-state index contributed by atoms with van der Waals surface area (Å²) < 4.78 is 37.2. The fourth-order valence-electron chi connectivity index (χ4n) is 2.23. The number of rotatable bonds is 10. The molecule has 1 atom stereocenters. The van der Waals surface area contributed by atoms with E-state index in [9.17, 15) is 13.2 Å². The quantitative estimate of drug-likeness (QED) is 0.472. The summed E-state index contributed by atoms with van der Waals surface area (Å²) in [5.41, 5.74) is 2.11. The molecule has 0 saturated heterocycles. The molecule has 0 aromatic heterocycles. The van der Waals surface area contributed by atoms with Crippen LogP contribution in [0.15, 0.2) is 18.2 Å². The zero-order valence-corrected chi connectivity index (χ0v) is 15.5. The molecule has 0 aliphatic carbocycles. The zero-order chi connectivity index (χ0) is 18.2. The van der Waals surface area contributed by atoms with Crippen molar-refractivity contribution in [2.45, 2.75) is 45.6 Å². The zero-order valence-electron chi connectivity index (χ0n) is 14.7. The van der Waals surface area contributed by atoms with Crippen LogP contribution in [-0.2, 0) is 30.3 Å². The first-order valence-corrected chi connectivity index (χ1v) is 9.74. The molecule has 0 bridgehead atoms. The molecule has 0 N–H and O–H groups in total. The number of hydrogen-bond donors (Lipinski definition) is 0. The van der Waals surface area contributed by atoms with Crippen LogP contribution in [0.25, 0.3) is 0 Å². The molecule has 0 saturated carbocycles. The molecule has 1 rings (SSSR count). The second kappa shape index (κ2) is 9.64. The Morgan fingerprint density at radius 2 is 2.00 bits per heavy atom. The Hall–Kier alpha value is -1.60. The van der Waals surface area contributed by atoms with Crippen molar-refractivity contribution in [2.75, 3.05) is 20.0 Å². The molecule has 6 nitrogen and oxygen atoms in total. The van der Waals surface area contributed by atoms with E-state index in [2.05, 4.69) is 4.74 Å². The van der Waals surface area contributed by atoms with E-state index in [1.807, 2.05) is 32.0 Å². The third-order valence-corrected chi connectivity index (χ3v) is 4.23. The van der Waals surface area contributed by atoms with E-state index in [1.54, 1.807) is 0 Å². The van der Waals surface area contributed by atoms with Crippen LogP contribution >= 0.6 is 0 Å². The molecule has 24 heavy (non-hydrogen) atoms. The first-order chi connectivity index (χ1) is 11.2. The van der Waals surface area contributed by atoms with Crippen LogP contribution in [0.5, 0.6) is 5.75 Å². The van der Waals surface area contributed by atoms with Gasteiger partial charge in [-0.2, -0.15) is 8.42 Å². The number of methoxy groups -OCH3 is 1. The van der Waals surface area contributed by atoms with E-state index in [-0.39, 0.29) is 18.7 Å². The molecule has 7 heteroatoms. The van der Waals surface area contributed by atoms with Crippen molar-refractivity contribution in [1.82, 2.24) is 0 Å². The van der Waals surface area contributed by atoms with Gasteiger partial charge in [0.05, 0.1) is 20.0 Å². The van der Waals surface area contributed by atoms with Gasteiger partial charge in [-0.05, 0) is 43.0 Å². The second-order valence-electron chi connectivity index (χ2n) is 5.63. The van der Waals surface area contributed by atoms with Crippen LogP contribution in [0.4, 0.5) is 0 Å². The molecule has 0 aliphatic heterocycles. The first kappa shape index (κ1) is 20.4. The van der Waals surface area contributed by atoms with Crippen molar-refractivity contribution in [3.05, 3.63) is 29.3 Å². The van der Waals surface area contributed by atoms with Crippen molar-refractivity contribution in [3.63, 3.8) is 0 Å². The van der Waals surface area contributed by atoms with Crippen LogP contribution in [0.2, 0.25) is 0 Å². The highest BCUT2D eigenvalue weighted by atomic mass is 32.2. The lowest BCUT2D eigenvalue weighted by atomic mass is 10.0. The Morgan fingerprint density at radius 3 is 2.54 bits per heavy atom. The Balaban J connectivity index is 2.59. The normalized spacial score (nSPS) is 12.7. The molecule has 0 radical (unpaired) electrons. The Morgan fingerprint density at radius 1 is 1.29 bits per heavy atom. The van der Waals surface area contributed by atoms with Gasteiger partial charge < -0.3 is 9.47 Å². The fraction of sp³-hybridized carbons (Fsp3) is 0.588. The lowest BCUT2D eigenvalue weighted by Crippen LogP contribution is -2.19. The van der Waals surface area contributed by atoms with Gasteiger partial charge in [0.25, 0.3) is 10.1 Å². The largest absolute Gasteiger partial charge is 0.490 e. The van der Waals surface area contributed by atoms with Gasteiger partial charge in [-0.1, -0.05) is 13.0 Å². The van der Waals surface area contributed by atoms with Crippen LogP contribution < -0.4 is 4.74 Å². The lowest BCUT2D eigenvalue weighted by Gasteiger charge is -2.18. The van der Waals surface area contributed by atoms with Gasteiger partial charge >= 0.3 is 5.97 Å². The molecule has 0 spiro atoms. The number of benzene rings is 1.